The first-order chi connectivity index (χ1) is 11.4. The minimum atomic E-state index is -0.119. The predicted molar refractivity (Wildman–Crippen MR) is 96.0 cm³/mol. The highest BCUT2D eigenvalue weighted by Gasteiger charge is 2.31. The Morgan fingerprint density at radius 1 is 1.50 bits per heavy atom. The summed E-state index contributed by atoms with van der Waals surface area (Å²) >= 11 is 1.77. The number of piperidine rings is 1. The SMILES string of the molecule is CC(=O)NC1(C)CCCN(Cc2cc(-c3c(C)noc3C)cs2)C1. The highest BCUT2D eigenvalue weighted by molar-refractivity contribution is 7.10. The van der Waals surface area contributed by atoms with Gasteiger partial charge in [0.05, 0.1) is 5.69 Å². The molecule has 24 heavy (non-hydrogen) atoms. The van der Waals surface area contributed by atoms with Crippen LogP contribution < -0.4 is 5.32 Å². The van der Waals surface area contributed by atoms with Crippen molar-refractivity contribution in [3.63, 3.8) is 0 Å². The molecule has 1 atom stereocenters. The molecule has 1 unspecified atom stereocenters. The van der Waals surface area contributed by atoms with E-state index in [1.54, 1.807) is 18.3 Å². The van der Waals surface area contributed by atoms with Crippen molar-refractivity contribution >= 4 is 17.2 Å². The molecule has 0 aliphatic carbocycles. The van der Waals surface area contributed by atoms with E-state index in [4.69, 9.17) is 4.52 Å². The number of thiophene rings is 1. The summed E-state index contributed by atoms with van der Waals surface area (Å²) in [7, 11) is 0. The Morgan fingerprint density at radius 3 is 2.96 bits per heavy atom. The van der Waals surface area contributed by atoms with Gasteiger partial charge in [-0.15, -0.1) is 11.3 Å². The van der Waals surface area contributed by atoms with Gasteiger partial charge in [0.25, 0.3) is 0 Å². The first-order valence-corrected chi connectivity index (χ1v) is 9.26. The van der Waals surface area contributed by atoms with Gasteiger partial charge in [0, 0.05) is 36.0 Å². The predicted octanol–water partition coefficient (Wildman–Crippen LogP) is 3.51. The fourth-order valence-corrected chi connectivity index (χ4v) is 4.63. The zero-order chi connectivity index (χ0) is 17.3. The van der Waals surface area contributed by atoms with Crippen LogP contribution in [-0.4, -0.2) is 34.6 Å². The molecule has 2 aromatic rings. The van der Waals surface area contributed by atoms with Gasteiger partial charge in [-0.05, 0) is 57.2 Å². The van der Waals surface area contributed by atoms with Gasteiger partial charge < -0.3 is 9.84 Å². The Kier molecular flexibility index (Phi) is 4.78. The summed E-state index contributed by atoms with van der Waals surface area (Å²) in [5.41, 5.74) is 3.12. The van der Waals surface area contributed by atoms with Crippen LogP contribution in [0.1, 0.15) is 43.0 Å². The van der Waals surface area contributed by atoms with Crippen molar-refractivity contribution in [3.8, 4) is 11.1 Å². The Bertz CT molecular complexity index is 717. The molecule has 1 aliphatic heterocycles. The van der Waals surface area contributed by atoms with Crippen LogP contribution in [-0.2, 0) is 11.3 Å². The van der Waals surface area contributed by atoms with Gasteiger partial charge in [-0.2, -0.15) is 0 Å². The number of hydrogen-bond acceptors (Lipinski definition) is 5. The number of nitrogens with zero attached hydrogens (tertiary/aromatic N) is 2. The number of aryl methyl sites for hydroxylation is 2. The summed E-state index contributed by atoms with van der Waals surface area (Å²) in [4.78, 5) is 15.2. The third kappa shape index (κ3) is 3.70. The second-order valence-corrected chi connectivity index (χ2v) is 8.05. The van der Waals surface area contributed by atoms with Crippen molar-refractivity contribution in [1.29, 1.82) is 0 Å². The Morgan fingerprint density at radius 2 is 2.29 bits per heavy atom. The van der Waals surface area contributed by atoms with Gasteiger partial charge in [-0.3, -0.25) is 9.69 Å². The highest BCUT2D eigenvalue weighted by atomic mass is 32.1. The van der Waals surface area contributed by atoms with Crippen molar-refractivity contribution < 1.29 is 9.32 Å². The first-order valence-electron chi connectivity index (χ1n) is 8.38. The lowest BCUT2D eigenvalue weighted by molar-refractivity contribution is -0.121. The van der Waals surface area contributed by atoms with Gasteiger partial charge in [-0.25, -0.2) is 0 Å². The van der Waals surface area contributed by atoms with E-state index in [2.05, 4.69) is 33.7 Å². The van der Waals surface area contributed by atoms with E-state index in [9.17, 15) is 4.79 Å². The third-order valence-electron chi connectivity index (χ3n) is 4.61. The molecule has 1 N–H and O–H groups in total. The summed E-state index contributed by atoms with van der Waals surface area (Å²) in [6, 6.07) is 2.24. The number of carbonyl (C=O) groups is 1. The van der Waals surface area contributed by atoms with Crippen LogP contribution in [0.25, 0.3) is 11.1 Å². The lowest BCUT2D eigenvalue weighted by Crippen LogP contribution is -2.56. The van der Waals surface area contributed by atoms with Gasteiger partial charge >= 0.3 is 0 Å². The maximum absolute atomic E-state index is 11.4. The molecule has 1 fully saturated rings. The lowest BCUT2D eigenvalue weighted by Gasteiger charge is -2.40. The Labute approximate surface area is 147 Å². The molecule has 5 nitrogen and oxygen atoms in total. The van der Waals surface area contributed by atoms with Gasteiger partial charge in [0.2, 0.25) is 5.91 Å². The topological polar surface area (TPSA) is 58.4 Å². The number of nitrogens with one attached hydrogen (secondary N) is 1. The molecular formula is C18H25N3O2S. The molecule has 3 rings (SSSR count). The van der Waals surface area contributed by atoms with E-state index in [0.717, 1.165) is 49.5 Å². The smallest absolute Gasteiger partial charge is 0.217 e. The standard InChI is InChI=1S/C18H25N3O2S/c1-12-17(13(2)23-20-12)15-8-16(24-10-15)9-21-7-5-6-18(4,11-21)19-14(3)22/h8,10H,5-7,9,11H2,1-4H3,(H,19,22). The van der Waals surface area contributed by atoms with E-state index in [0.29, 0.717) is 0 Å². The van der Waals surface area contributed by atoms with Crippen LogP contribution in [0.4, 0.5) is 0 Å². The van der Waals surface area contributed by atoms with Crippen LogP contribution in [0.3, 0.4) is 0 Å². The van der Waals surface area contributed by atoms with Gasteiger partial charge in [-0.1, -0.05) is 5.16 Å². The number of hydrogen-bond donors (Lipinski definition) is 1. The molecular weight excluding hydrogens is 322 g/mol. The first kappa shape index (κ1) is 17.2. The van der Waals surface area contributed by atoms with E-state index >= 15 is 0 Å². The largest absolute Gasteiger partial charge is 0.361 e. The summed E-state index contributed by atoms with van der Waals surface area (Å²) < 4.78 is 5.28. The molecule has 0 saturated carbocycles. The second kappa shape index (κ2) is 6.69. The van der Waals surface area contributed by atoms with E-state index in [-0.39, 0.29) is 11.4 Å². The fraction of sp³-hybridized carbons (Fsp3) is 0.556. The molecule has 1 amide bonds. The van der Waals surface area contributed by atoms with Crippen LogP contribution in [0.5, 0.6) is 0 Å². The third-order valence-corrected chi connectivity index (χ3v) is 5.53. The van der Waals surface area contributed by atoms with Crippen LogP contribution in [0.15, 0.2) is 16.0 Å². The minimum absolute atomic E-state index is 0.0520. The number of amides is 1. The number of rotatable bonds is 4. The molecule has 0 radical (unpaired) electrons. The van der Waals surface area contributed by atoms with Crippen LogP contribution in [0, 0.1) is 13.8 Å². The highest BCUT2D eigenvalue weighted by Crippen LogP contribution is 2.32. The zero-order valence-electron chi connectivity index (χ0n) is 14.8. The van der Waals surface area contributed by atoms with Crippen molar-refractivity contribution in [2.45, 2.75) is 52.6 Å². The van der Waals surface area contributed by atoms with E-state index < -0.39 is 0 Å². The monoisotopic (exact) mass is 347 g/mol. The maximum Gasteiger partial charge on any atom is 0.217 e. The van der Waals surface area contributed by atoms with Gasteiger partial charge in [0.15, 0.2) is 0 Å². The minimum Gasteiger partial charge on any atom is -0.361 e. The maximum atomic E-state index is 11.4. The quantitative estimate of drug-likeness (QED) is 0.919. The number of carbonyl (C=O) groups excluding carboxylic acids is 1. The average molecular weight is 347 g/mol. The van der Waals surface area contributed by atoms with Crippen LogP contribution in [0.2, 0.25) is 0 Å². The van der Waals surface area contributed by atoms with Crippen LogP contribution >= 0.6 is 11.3 Å². The molecule has 1 aliphatic rings. The van der Waals surface area contributed by atoms with E-state index in [1.807, 2.05) is 13.8 Å². The number of aromatic nitrogens is 1. The van der Waals surface area contributed by atoms with Crippen molar-refractivity contribution in [1.82, 2.24) is 15.4 Å². The molecule has 3 heterocycles. The summed E-state index contributed by atoms with van der Waals surface area (Å²) in [5, 5.41) is 9.34. The molecule has 2 aromatic heterocycles. The summed E-state index contributed by atoms with van der Waals surface area (Å²) in [6.07, 6.45) is 2.15. The Balaban J connectivity index is 1.70. The summed E-state index contributed by atoms with van der Waals surface area (Å²) in [6.45, 7) is 10.6. The molecule has 0 bridgehead atoms. The lowest BCUT2D eigenvalue weighted by atomic mass is 9.91. The molecule has 130 valence electrons. The fourth-order valence-electron chi connectivity index (χ4n) is 3.72. The number of likely N-dealkylation sites (tertiary alicyclic amines) is 1. The van der Waals surface area contributed by atoms with Crippen molar-refractivity contribution in [3.05, 3.63) is 27.8 Å². The molecule has 0 spiro atoms. The van der Waals surface area contributed by atoms with E-state index in [1.165, 1.54) is 10.4 Å². The Hall–Kier alpha value is -1.66. The second-order valence-electron chi connectivity index (χ2n) is 7.06. The zero-order valence-corrected chi connectivity index (χ0v) is 15.6. The van der Waals surface area contributed by atoms with Gasteiger partial charge in [0.1, 0.15) is 5.76 Å². The molecule has 1 saturated heterocycles. The summed E-state index contributed by atoms with van der Waals surface area (Å²) in [5.74, 6) is 0.921. The van der Waals surface area contributed by atoms with Crippen molar-refractivity contribution in [2.75, 3.05) is 13.1 Å². The molecule has 6 heteroatoms. The normalized spacial score (nSPS) is 21.8. The van der Waals surface area contributed by atoms with Crippen molar-refractivity contribution in [2.24, 2.45) is 0 Å². The molecule has 0 aromatic carbocycles. The average Bonchev–Trinajstić information content (AvgIpc) is 3.04.